The van der Waals surface area contributed by atoms with E-state index in [2.05, 4.69) is 5.32 Å². The molecule has 0 radical (unpaired) electrons. The van der Waals surface area contributed by atoms with Gasteiger partial charge in [-0.3, -0.25) is 9.59 Å². The molecule has 1 saturated carbocycles. The van der Waals surface area contributed by atoms with Crippen LogP contribution in [0.3, 0.4) is 0 Å². The molecule has 0 unspecified atom stereocenters. The maximum Gasteiger partial charge on any atom is 0.306 e. The number of esters is 1. The van der Waals surface area contributed by atoms with E-state index in [9.17, 15) is 9.59 Å². The van der Waals surface area contributed by atoms with Crippen LogP contribution in [0.4, 0.5) is 0 Å². The van der Waals surface area contributed by atoms with Crippen LogP contribution in [0.1, 0.15) is 59.3 Å². The average Bonchev–Trinajstić information content (AvgIpc) is 2.26. The molecule has 1 aliphatic heterocycles. The van der Waals surface area contributed by atoms with E-state index in [-0.39, 0.29) is 23.3 Å². The third kappa shape index (κ3) is 2.52. The van der Waals surface area contributed by atoms with Gasteiger partial charge in [0.25, 0.3) is 5.91 Å². The van der Waals surface area contributed by atoms with E-state index in [0.717, 1.165) is 25.7 Å². The predicted molar refractivity (Wildman–Crippen MR) is 67.9 cm³/mol. The Morgan fingerprint density at radius 1 is 1.33 bits per heavy atom. The van der Waals surface area contributed by atoms with Crippen molar-refractivity contribution in [2.75, 3.05) is 0 Å². The molecular formula is C14H23NO3. The number of hydrogen-bond acceptors (Lipinski definition) is 3. The molecular weight excluding hydrogens is 230 g/mol. The summed E-state index contributed by atoms with van der Waals surface area (Å²) in [6.45, 7) is 5.85. The Kier molecular flexibility index (Phi) is 3.39. The van der Waals surface area contributed by atoms with Crippen LogP contribution in [0.5, 0.6) is 0 Å². The van der Waals surface area contributed by atoms with E-state index < -0.39 is 5.60 Å². The molecule has 0 aromatic heterocycles. The first-order chi connectivity index (χ1) is 8.33. The van der Waals surface area contributed by atoms with Gasteiger partial charge in [0.05, 0.1) is 0 Å². The highest BCUT2D eigenvalue weighted by Crippen LogP contribution is 2.43. The molecule has 0 aromatic carbocycles. The van der Waals surface area contributed by atoms with Gasteiger partial charge >= 0.3 is 5.97 Å². The van der Waals surface area contributed by atoms with Gasteiger partial charge in [-0.1, -0.05) is 6.42 Å². The second kappa shape index (κ2) is 4.56. The summed E-state index contributed by atoms with van der Waals surface area (Å²) in [5, 5.41) is 2.98. The molecule has 1 heterocycles. The standard InChI is InChI=1S/C14H23NO3/c1-13(2,3)15-12(17)14-9-5-4-6-10(14)7-8-11(16)18-14/h10H,4-9H2,1-3H3,(H,15,17)/t10-,14+/m1/s1. The Balaban J connectivity index is 2.22. The maximum atomic E-state index is 12.5. The van der Waals surface area contributed by atoms with Crippen molar-refractivity contribution >= 4 is 11.9 Å². The van der Waals surface area contributed by atoms with Gasteiger partial charge in [-0.25, -0.2) is 0 Å². The van der Waals surface area contributed by atoms with Crippen molar-refractivity contribution < 1.29 is 14.3 Å². The summed E-state index contributed by atoms with van der Waals surface area (Å²) in [4.78, 5) is 24.1. The van der Waals surface area contributed by atoms with Crippen molar-refractivity contribution in [3.8, 4) is 0 Å². The molecule has 2 aliphatic rings. The minimum absolute atomic E-state index is 0.104. The SMILES string of the molecule is CC(C)(C)NC(=O)[C@]12CCCC[C@@H]1CCC(=O)O2. The minimum atomic E-state index is -0.888. The van der Waals surface area contributed by atoms with Crippen LogP contribution in [0.15, 0.2) is 0 Å². The number of rotatable bonds is 1. The molecule has 4 nitrogen and oxygen atoms in total. The highest BCUT2D eigenvalue weighted by atomic mass is 16.6. The second-order valence-electron chi connectivity index (χ2n) is 6.55. The van der Waals surface area contributed by atoms with E-state index in [1.807, 2.05) is 20.8 Å². The van der Waals surface area contributed by atoms with Crippen LogP contribution in [0.25, 0.3) is 0 Å². The lowest BCUT2D eigenvalue weighted by molar-refractivity contribution is -0.189. The van der Waals surface area contributed by atoms with Gasteiger partial charge in [0.1, 0.15) is 0 Å². The van der Waals surface area contributed by atoms with E-state index >= 15 is 0 Å². The van der Waals surface area contributed by atoms with E-state index in [4.69, 9.17) is 4.74 Å². The van der Waals surface area contributed by atoms with Gasteiger partial charge in [-0.2, -0.15) is 0 Å². The zero-order valence-electron chi connectivity index (χ0n) is 11.5. The molecule has 1 amide bonds. The molecule has 102 valence electrons. The van der Waals surface area contributed by atoms with Crippen LogP contribution in [0, 0.1) is 5.92 Å². The van der Waals surface area contributed by atoms with Crippen molar-refractivity contribution in [3.63, 3.8) is 0 Å². The van der Waals surface area contributed by atoms with E-state index in [0.29, 0.717) is 12.8 Å². The quantitative estimate of drug-likeness (QED) is 0.729. The molecule has 2 rings (SSSR count). The van der Waals surface area contributed by atoms with Crippen LogP contribution in [-0.4, -0.2) is 23.0 Å². The van der Waals surface area contributed by atoms with E-state index in [1.165, 1.54) is 0 Å². The Bertz CT molecular complexity index is 359. The number of carbonyl (C=O) groups excluding carboxylic acids is 2. The predicted octanol–water partition coefficient (Wildman–Crippen LogP) is 2.17. The lowest BCUT2D eigenvalue weighted by Gasteiger charge is -2.45. The van der Waals surface area contributed by atoms with E-state index in [1.54, 1.807) is 0 Å². The zero-order chi connectivity index (χ0) is 13.4. The number of hydrogen-bond donors (Lipinski definition) is 1. The van der Waals surface area contributed by atoms with Crippen molar-refractivity contribution in [3.05, 3.63) is 0 Å². The summed E-state index contributed by atoms with van der Waals surface area (Å²) < 4.78 is 5.53. The van der Waals surface area contributed by atoms with Crippen molar-refractivity contribution in [2.24, 2.45) is 5.92 Å². The molecule has 1 N–H and O–H groups in total. The summed E-state index contributed by atoms with van der Waals surface area (Å²) >= 11 is 0. The number of ether oxygens (including phenoxy) is 1. The highest BCUT2D eigenvalue weighted by molar-refractivity contribution is 5.89. The summed E-state index contributed by atoms with van der Waals surface area (Å²) in [6, 6.07) is 0. The van der Waals surface area contributed by atoms with Crippen LogP contribution in [-0.2, 0) is 14.3 Å². The lowest BCUT2D eigenvalue weighted by atomic mass is 9.71. The molecule has 18 heavy (non-hydrogen) atoms. The Morgan fingerprint density at radius 3 is 2.72 bits per heavy atom. The third-order valence-electron chi connectivity index (χ3n) is 3.88. The fourth-order valence-corrected chi connectivity index (χ4v) is 3.07. The Labute approximate surface area is 108 Å². The Hall–Kier alpha value is -1.06. The fourth-order valence-electron chi connectivity index (χ4n) is 3.07. The first-order valence-electron chi connectivity index (χ1n) is 6.88. The van der Waals surface area contributed by atoms with Gasteiger partial charge in [-0.05, 0) is 46.5 Å². The monoisotopic (exact) mass is 253 g/mol. The molecule has 0 aromatic rings. The molecule has 0 spiro atoms. The Morgan fingerprint density at radius 2 is 2.06 bits per heavy atom. The molecule has 2 atom stereocenters. The highest BCUT2D eigenvalue weighted by Gasteiger charge is 2.53. The van der Waals surface area contributed by atoms with Gasteiger partial charge in [0.15, 0.2) is 5.60 Å². The number of fused-ring (bicyclic) bond motifs is 1. The van der Waals surface area contributed by atoms with Gasteiger partial charge < -0.3 is 10.1 Å². The first-order valence-corrected chi connectivity index (χ1v) is 6.88. The fraction of sp³-hybridized carbons (Fsp3) is 0.857. The number of nitrogens with one attached hydrogen (secondary N) is 1. The molecule has 1 aliphatic carbocycles. The van der Waals surface area contributed by atoms with Crippen molar-refractivity contribution in [1.82, 2.24) is 5.32 Å². The molecule has 1 saturated heterocycles. The third-order valence-corrected chi connectivity index (χ3v) is 3.88. The maximum absolute atomic E-state index is 12.5. The zero-order valence-corrected chi connectivity index (χ0v) is 11.5. The van der Waals surface area contributed by atoms with Crippen LogP contribution >= 0.6 is 0 Å². The smallest absolute Gasteiger partial charge is 0.306 e. The normalized spacial score (nSPS) is 32.4. The van der Waals surface area contributed by atoms with Crippen molar-refractivity contribution in [2.45, 2.75) is 70.4 Å². The first kappa shape index (κ1) is 13.4. The van der Waals surface area contributed by atoms with Crippen LogP contribution in [0.2, 0.25) is 0 Å². The number of amides is 1. The van der Waals surface area contributed by atoms with Crippen LogP contribution < -0.4 is 5.32 Å². The van der Waals surface area contributed by atoms with Crippen molar-refractivity contribution in [1.29, 1.82) is 0 Å². The largest absolute Gasteiger partial charge is 0.449 e. The lowest BCUT2D eigenvalue weighted by Crippen LogP contribution is -2.61. The van der Waals surface area contributed by atoms with Gasteiger partial charge in [0, 0.05) is 17.9 Å². The number of carbonyl (C=O) groups is 2. The molecule has 2 fully saturated rings. The van der Waals surface area contributed by atoms with Gasteiger partial charge in [-0.15, -0.1) is 0 Å². The summed E-state index contributed by atoms with van der Waals surface area (Å²) in [7, 11) is 0. The average molecular weight is 253 g/mol. The molecule has 0 bridgehead atoms. The molecule has 4 heteroatoms. The van der Waals surface area contributed by atoms with Gasteiger partial charge in [0.2, 0.25) is 0 Å². The summed E-state index contributed by atoms with van der Waals surface area (Å²) in [5.41, 5.74) is -1.18. The topological polar surface area (TPSA) is 55.4 Å². The summed E-state index contributed by atoms with van der Waals surface area (Å²) in [6.07, 6.45) is 5.00. The minimum Gasteiger partial charge on any atom is -0.449 e. The second-order valence-corrected chi connectivity index (χ2v) is 6.55. The summed E-state index contributed by atoms with van der Waals surface area (Å²) in [5.74, 6) is -0.128.